The molecule has 0 bridgehead atoms. The molecule has 47 heavy (non-hydrogen) atoms. The molecule has 0 fully saturated rings. The van der Waals surface area contributed by atoms with Crippen molar-refractivity contribution >= 4 is 11.9 Å². The van der Waals surface area contributed by atoms with Crippen LogP contribution in [0.4, 0.5) is 0 Å². The molecule has 6 heteroatoms. The van der Waals surface area contributed by atoms with Crippen LogP contribution in [0.15, 0.2) is 60.8 Å². The lowest BCUT2D eigenvalue weighted by molar-refractivity contribution is -0.152. The number of allylic oxidation sites excluding steroid dienone is 9. The first kappa shape index (κ1) is 44.6. The lowest BCUT2D eigenvalue weighted by atomic mass is 10.0. The number of aliphatic hydroxyl groups is 2. The van der Waals surface area contributed by atoms with Gasteiger partial charge in [0, 0.05) is 12.8 Å². The summed E-state index contributed by atoms with van der Waals surface area (Å²) in [5.41, 5.74) is 0. The highest BCUT2D eigenvalue weighted by Crippen LogP contribution is 2.14. The van der Waals surface area contributed by atoms with E-state index in [1.165, 1.54) is 77.0 Å². The monoisotopic (exact) mass is 659 g/mol. The minimum atomic E-state index is -0.996. The highest BCUT2D eigenvalue weighted by atomic mass is 16.6. The van der Waals surface area contributed by atoms with E-state index in [9.17, 15) is 19.8 Å². The molecule has 0 aliphatic carbocycles. The maximum atomic E-state index is 11.9. The Kier molecular flexibility index (Phi) is 34.5. The van der Waals surface area contributed by atoms with Crippen molar-refractivity contribution < 1.29 is 29.3 Å². The zero-order valence-electron chi connectivity index (χ0n) is 30.1. The predicted molar refractivity (Wildman–Crippen MR) is 197 cm³/mol. The summed E-state index contributed by atoms with van der Waals surface area (Å²) < 4.78 is 10.3. The summed E-state index contributed by atoms with van der Waals surface area (Å²) in [5.74, 6) is -0.650. The van der Waals surface area contributed by atoms with Gasteiger partial charge in [0.2, 0.25) is 0 Å². The van der Waals surface area contributed by atoms with Crippen LogP contribution in [0.5, 0.6) is 0 Å². The molecule has 0 radical (unpaired) electrons. The lowest BCUT2D eigenvalue weighted by Gasteiger charge is -2.12. The van der Waals surface area contributed by atoms with Gasteiger partial charge in [-0.1, -0.05) is 164 Å². The maximum absolute atomic E-state index is 11.9. The fourth-order valence-electron chi connectivity index (χ4n) is 4.90. The molecule has 0 saturated heterocycles. The number of rotatable bonds is 33. The van der Waals surface area contributed by atoms with Gasteiger partial charge >= 0.3 is 11.9 Å². The molecular weight excluding hydrogens is 588 g/mol. The first-order valence-corrected chi connectivity index (χ1v) is 18.9. The summed E-state index contributed by atoms with van der Waals surface area (Å²) in [5, 5.41) is 19.4. The van der Waals surface area contributed by atoms with Gasteiger partial charge in [0.05, 0.1) is 6.10 Å². The molecular formula is C41H70O6. The van der Waals surface area contributed by atoms with Gasteiger partial charge in [-0.3, -0.25) is 9.59 Å². The number of aliphatic hydroxyl groups excluding tert-OH is 2. The molecule has 2 atom stereocenters. The van der Waals surface area contributed by atoms with Crippen LogP contribution in [0.1, 0.15) is 162 Å². The highest BCUT2D eigenvalue weighted by Gasteiger charge is 2.12. The first-order valence-electron chi connectivity index (χ1n) is 18.9. The van der Waals surface area contributed by atoms with Crippen molar-refractivity contribution in [2.45, 2.75) is 174 Å². The third-order valence-corrected chi connectivity index (χ3v) is 7.92. The van der Waals surface area contributed by atoms with E-state index >= 15 is 0 Å². The van der Waals surface area contributed by atoms with Crippen LogP contribution in [0, 0.1) is 0 Å². The molecule has 0 aromatic rings. The Morgan fingerprint density at radius 2 is 0.957 bits per heavy atom. The molecule has 0 unspecified atom stereocenters. The Hall–Kier alpha value is -2.44. The highest BCUT2D eigenvalue weighted by molar-refractivity contribution is 5.69. The van der Waals surface area contributed by atoms with E-state index in [1.54, 1.807) is 6.08 Å². The van der Waals surface area contributed by atoms with Crippen LogP contribution in [-0.4, -0.2) is 47.6 Å². The zero-order valence-corrected chi connectivity index (χ0v) is 30.1. The van der Waals surface area contributed by atoms with Crippen molar-refractivity contribution in [2.24, 2.45) is 0 Å². The van der Waals surface area contributed by atoms with E-state index in [0.29, 0.717) is 19.3 Å². The SMILES string of the molecule is CCCCCCCCCCCCCCCCCC(=O)OC[C@@H](O)COC(=O)CCC/C=C\C/C=C\C/C=C\C/C=C\C=C\[C@@H](O)CC. The van der Waals surface area contributed by atoms with Crippen molar-refractivity contribution in [2.75, 3.05) is 13.2 Å². The lowest BCUT2D eigenvalue weighted by Crippen LogP contribution is -2.25. The second-order valence-electron chi connectivity index (χ2n) is 12.5. The molecule has 0 amide bonds. The molecule has 0 rings (SSSR count). The van der Waals surface area contributed by atoms with E-state index in [0.717, 1.165) is 51.4 Å². The van der Waals surface area contributed by atoms with Gasteiger partial charge in [0.25, 0.3) is 0 Å². The fraction of sp³-hybridized carbons (Fsp3) is 0.707. The minimum absolute atomic E-state index is 0.142. The van der Waals surface area contributed by atoms with Gasteiger partial charge in [-0.2, -0.15) is 0 Å². The number of esters is 2. The average molecular weight is 659 g/mol. The minimum Gasteiger partial charge on any atom is -0.463 e. The van der Waals surface area contributed by atoms with E-state index < -0.39 is 6.10 Å². The Morgan fingerprint density at radius 1 is 0.532 bits per heavy atom. The number of hydrogen-bond donors (Lipinski definition) is 2. The molecule has 0 aliphatic rings. The maximum Gasteiger partial charge on any atom is 0.305 e. The normalized spacial score (nSPS) is 13.5. The molecule has 0 spiro atoms. The summed E-state index contributed by atoms with van der Waals surface area (Å²) in [4.78, 5) is 23.9. The molecule has 0 aromatic carbocycles. The standard InChI is InChI=1S/C41H70O6/c1-3-5-6-7-8-9-10-11-12-16-19-22-25-28-31-34-40(44)46-36-39(43)37-47-41(45)35-32-29-26-23-20-17-14-13-15-18-21-24-27-30-33-38(42)4-2/h14-15,17-18,23-24,26-27,30,33,38-39,42-43H,3-13,16,19-22,25,28-29,31-32,34-37H2,1-2H3/b17-14-,18-15-,26-23-,27-24-,33-30+/t38-,39+/m0/s1. The number of carbonyl (C=O) groups is 2. The number of ether oxygens (including phenoxy) is 2. The summed E-state index contributed by atoms with van der Waals surface area (Å²) >= 11 is 0. The number of hydrogen-bond acceptors (Lipinski definition) is 6. The van der Waals surface area contributed by atoms with Crippen LogP contribution < -0.4 is 0 Å². The van der Waals surface area contributed by atoms with Crippen LogP contribution in [-0.2, 0) is 19.1 Å². The van der Waals surface area contributed by atoms with Crippen molar-refractivity contribution in [1.82, 2.24) is 0 Å². The van der Waals surface area contributed by atoms with E-state index in [1.807, 2.05) is 19.1 Å². The zero-order chi connectivity index (χ0) is 34.5. The van der Waals surface area contributed by atoms with Crippen molar-refractivity contribution in [3.8, 4) is 0 Å². The van der Waals surface area contributed by atoms with E-state index in [4.69, 9.17) is 9.47 Å². The molecule has 6 nitrogen and oxygen atoms in total. The van der Waals surface area contributed by atoms with E-state index in [2.05, 4.69) is 49.5 Å². The van der Waals surface area contributed by atoms with Crippen LogP contribution in [0.2, 0.25) is 0 Å². The molecule has 0 heterocycles. The Labute approximate surface area is 288 Å². The molecule has 0 aromatic heterocycles. The second kappa shape index (κ2) is 36.4. The van der Waals surface area contributed by atoms with Crippen molar-refractivity contribution in [3.05, 3.63) is 60.8 Å². The summed E-state index contributed by atoms with van der Waals surface area (Å²) in [6, 6.07) is 0. The van der Waals surface area contributed by atoms with Crippen molar-refractivity contribution in [1.29, 1.82) is 0 Å². The largest absolute Gasteiger partial charge is 0.463 e. The third-order valence-electron chi connectivity index (χ3n) is 7.92. The summed E-state index contributed by atoms with van der Waals surface area (Å²) in [6.45, 7) is 3.91. The van der Waals surface area contributed by atoms with Gasteiger partial charge in [0.1, 0.15) is 19.3 Å². The van der Waals surface area contributed by atoms with E-state index in [-0.39, 0.29) is 31.3 Å². The Morgan fingerprint density at radius 3 is 1.45 bits per heavy atom. The molecule has 0 aliphatic heterocycles. The van der Waals surface area contributed by atoms with Crippen LogP contribution in [0.25, 0.3) is 0 Å². The third kappa shape index (κ3) is 36.2. The first-order chi connectivity index (χ1) is 23.0. The average Bonchev–Trinajstić information content (AvgIpc) is 3.07. The molecule has 0 saturated carbocycles. The predicted octanol–water partition coefficient (Wildman–Crippen LogP) is 10.6. The Balaban J connectivity index is 3.57. The smallest absolute Gasteiger partial charge is 0.305 e. The van der Waals surface area contributed by atoms with Gasteiger partial charge < -0.3 is 19.7 Å². The number of unbranched alkanes of at least 4 members (excludes halogenated alkanes) is 15. The van der Waals surface area contributed by atoms with Crippen LogP contribution >= 0.6 is 0 Å². The van der Waals surface area contributed by atoms with Crippen molar-refractivity contribution in [3.63, 3.8) is 0 Å². The van der Waals surface area contributed by atoms with Gasteiger partial charge in [0.15, 0.2) is 0 Å². The molecule has 2 N–H and O–H groups in total. The Bertz CT molecular complexity index is 856. The van der Waals surface area contributed by atoms with Gasteiger partial charge in [-0.15, -0.1) is 0 Å². The topological polar surface area (TPSA) is 93.1 Å². The quantitative estimate of drug-likeness (QED) is 0.0315. The summed E-state index contributed by atoms with van der Waals surface area (Å²) in [6.07, 6.45) is 43.7. The van der Waals surface area contributed by atoms with Gasteiger partial charge in [-0.25, -0.2) is 0 Å². The number of carbonyl (C=O) groups excluding carboxylic acids is 2. The fourth-order valence-corrected chi connectivity index (χ4v) is 4.90. The van der Waals surface area contributed by atoms with Crippen LogP contribution in [0.3, 0.4) is 0 Å². The second-order valence-corrected chi connectivity index (χ2v) is 12.5. The molecule has 270 valence electrons. The van der Waals surface area contributed by atoms with Gasteiger partial charge in [-0.05, 0) is 44.9 Å². The summed E-state index contributed by atoms with van der Waals surface area (Å²) in [7, 11) is 0.